The Morgan fingerprint density at radius 2 is 1.93 bits per heavy atom. The number of hydrogen-bond donors (Lipinski definition) is 3. The number of benzene rings is 1. The van der Waals surface area contributed by atoms with Crippen molar-refractivity contribution in [1.29, 1.82) is 0 Å². The second kappa shape index (κ2) is 7.59. The van der Waals surface area contributed by atoms with E-state index in [0.29, 0.717) is 36.7 Å². The van der Waals surface area contributed by atoms with Crippen LogP contribution in [0, 0.1) is 5.92 Å². The predicted octanol–water partition coefficient (Wildman–Crippen LogP) is 3.40. The number of hydrogen-bond acceptors (Lipinski definition) is 4. The highest BCUT2D eigenvalue weighted by atomic mass is 79.9. The van der Waals surface area contributed by atoms with Gasteiger partial charge in [-0.25, -0.2) is 4.79 Å². The number of primary amides is 1. The number of amides is 3. The number of halogens is 1. The van der Waals surface area contributed by atoms with E-state index in [0.717, 1.165) is 4.47 Å². The van der Waals surface area contributed by atoms with Gasteiger partial charge < -0.3 is 25.5 Å². The quantitative estimate of drug-likeness (QED) is 0.675. The first kappa shape index (κ1) is 19.2. The Morgan fingerprint density at radius 1 is 1.26 bits per heavy atom. The van der Waals surface area contributed by atoms with Gasteiger partial charge in [-0.1, -0.05) is 15.9 Å². The third kappa shape index (κ3) is 3.92. The number of fused-ring (bicyclic) bond motifs is 1. The number of anilines is 1. The van der Waals surface area contributed by atoms with E-state index < -0.39 is 12.0 Å². The molecule has 3 amide bonds. The fourth-order valence-electron chi connectivity index (χ4n) is 3.47. The first-order chi connectivity index (χ1) is 12.8. The molecule has 1 aliphatic carbocycles. The third-order valence-electron chi connectivity index (χ3n) is 5.04. The number of nitrogens with two attached hydrogens (primary N) is 1. The van der Waals surface area contributed by atoms with Gasteiger partial charge in [0.1, 0.15) is 11.3 Å². The van der Waals surface area contributed by atoms with Crippen LogP contribution in [-0.4, -0.2) is 41.0 Å². The Hall–Kier alpha value is -2.55. The molecule has 3 rings (SSSR count). The van der Waals surface area contributed by atoms with E-state index in [9.17, 15) is 14.4 Å². The molecule has 0 saturated heterocycles. The van der Waals surface area contributed by atoms with Gasteiger partial charge in [-0.3, -0.25) is 9.59 Å². The third-order valence-corrected chi connectivity index (χ3v) is 5.53. The number of nitrogens with one attached hydrogen (secondary N) is 1. The van der Waals surface area contributed by atoms with Gasteiger partial charge in [0.2, 0.25) is 11.7 Å². The van der Waals surface area contributed by atoms with Gasteiger partial charge in [-0.2, -0.15) is 0 Å². The number of furan rings is 1. The summed E-state index contributed by atoms with van der Waals surface area (Å²) in [5.74, 6) is -1.34. The topological polar surface area (TPSA) is 126 Å². The fourth-order valence-corrected chi connectivity index (χ4v) is 3.84. The molecule has 0 atom stereocenters. The lowest BCUT2D eigenvalue weighted by Gasteiger charge is -2.32. The zero-order valence-corrected chi connectivity index (χ0v) is 16.3. The van der Waals surface area contributed by atoms with Crippen LogP contribution in [0.25, 0.3) is 11.0 Å². The fraction of sp³-hybridized carbons (Fsp3) is 0.389. The highest BCUT2D eigenvalue weighted by molar-refractivity contribution is 9.10. The van der Waals surface area contributed by atoms with Crippen LogP contribution in [0.5, 0.6) is 0 Å². The number of carbonyl (C=O) groups is 3. The maximum atomic E-state index is 12.7. The van der Waals surface area contributed by atoms with E-state index in [1.54, 1.807) is 25.2 Å². The summed E-state index contributed by atoms with van der Waals surface area (Å²) in [5, 5.41) is 12.5. The second-order valence-electron chi connectivity index (χ2n) is 6.70. The molecule has 0 radical (unpaired) electrons. The summed E-state index contributed by atoms with van der Waals surface area (Å²) in [6.45, 7) is 0. The van der Waals surface area contributed by atoms with Crippen molar-refractivity contribution in [2.75, 3.05) is 12.4 Å². The minimum atomic E-state index is -0.968. The van der Waals surface area contributed by atoms with Crippen molar-refractivity contribution in [2.45, 2.75) is 31.7 Å². The number of carbonyl (C=O) groups excluding carboxylic acids is 2. The van der Waals surface area contributed by atoms with Gasteiger partial charge in [-0.05, 0) is 43.9 Å². The van der Waals surface area contributed by atoms with Crippen LogP contribution < -0.4 is 11.1 Å². The average molecular weight is 438 g/mol. The highest BCUT2D eigenvalue weighted by Crippen LogP contribution is 2.34. The van der Waals surface area contributed by atoms with Crippen LogP contribution in [0.15, 0.2) is 27.1 Å². The molecule has 4 N–H and O–H groups in total. The van der Waals surface area contributed by atoms with Gasteiger partial charge in [0, 0.05) is 28.9 Å². The SMILES string of the molecule is CN(C(=O)O)[C@H]1CC[C@H](C(=O)Nc2c(C(N)=O)oc3ccc(Br)cc23)CC1. The van der Waals surface area contributed by atoms with Gasteiger partial charge in [0.15, 0.2) is 0 Å². The predicted molar refractivity (Wildman–Crippen MR) is 103 cm³/mol. The Kier molecular flexibility index (Phi) is 5.41. The molecular formula is C18H20BrN3O5. The Balaban J connectivity index is 1.77. The molecule has 0 bridgehead atoms. The zero-order chi connectivity index (χ0) is 19.7. The molecule has 8 nitrogen and oxygen atoms in total. The molecule has 144 valence electrons. The minimum absolute atomic E-state index is 0.0848. The highest BCUT2D eigenvalue weighted by Gasteiger charge is 2.31. The van der Waals surface area contributed by atoms with Gasteiger partial charge in [0.25, 0.3) is 5.91 Å². The molecular weight excluding hydrogens is 418 g/mol. The molecule has 1 aliphatic rings. The van der Waals surface area contributed by atoms with Gasteiger partial charge in [0.05, 0.1) is 0 Å². The molecule has 1 aromatic heterocycles. The summed E-state index contributed by atoms with van der Waals surface area (Å²) in [6.07, 6.45) is 1.39. The molecule has 1 heterocycles. The van der Waals surface area contributed by atoms with E-state index in [-0.39, 0.29) is 29.3 Å². The molecule has 1 fully saturated rings. The van der Waals surface area contributed by atoms with Crippen molar-refractivity contribution in [2.24, 2.45) is 11.7 Å². The van der Waals surface area contributed by atoms with Crippen LogP contribution in [0.1, 0.15) is 36.2 Å². The maximum absolute atomic E-state index is 12.7. The normalized spacial score (nSPS) is 19.6. The van der Waals surface area contributed by atoms with Crippen molar-refractivity contribution >= 4 is 50.5 Å². The smallest absolute Gasteiger partial charge is 0.407 e. The van der Waals surface area contributed by atoms with Crippen molar-refractivity contribution < 1.29 is 23.9 Å². The van der Waals surface area contributed by atoms with Crippen molar-refractivity contribution in [3.8, 4) is 0 Å². The molecule has 27 heavy (non-hydrogen) atoms. The largest absolute Gasteiger partial charge is 0.465 e. The number of carboxylic acid groups (broad SMARTS) is 1. The first-order valence-electron chi connectivity index (χ1n) is 8.56. The van der Waals surface area contributed by atoms with E-state index >= 15 is 0 Å². The van der Waals surface area contributed by atoms with Gasteiger partial charge >= 0.3 is 6.09 Å². The summed E-state index contributed by atoms with van der Waals surface area (Å²) in [6, 6.07) is 5.12. The first-order valence-corrected chi connectivity index (χ1v) is 9.35. The molecule has 1 saturated carbocycles. The monoisotopic (exact) mass is 437 g/mol. The summed E-state index contributed by atoms with van der Waals surface area (Å²) in [7, 11) is 1.54. The van der Waals surface area contributed by atoms with Crippen molar-refractivity contribution in [3.05, 3.63) is 28.4 Å². The lowest BCUT2D eigenvalue weighted by molar-refractivity contribution is -0.121. The number of nitrogens with zero attached hydrogens (tertiary/aromatic N) is 1. The Morgan fingerprint density at radius 3 is 2.52 bits per heavy atom. The van der Waals surface area contributed by atoms with Crippen LogP contribution in [-0.2, 0) is 4.79 Å². The van der Waals surface area contributed by atoms with E-state index in [1.807, 2.05) is 0 Å². The Bertz CT molecular complexity index is 902. The summed E-state index contributed by atoms with van der Waals surface area (Å²) in [5.41, 5.74) is 6.12. The standard InChI is InChI=1S/C18H20BrN3O5/c1-22(18(25)26)11-5-2-9(3-6-11)17(24)21-14-12-8-10(19)4-7-13(12)27-15(14)16(20)23/h4,7-9,11H,2-3,5-6H2,1H3,(H2,20,23)(H,21,24)(H,25,26)/t9-,11-. The lowest BCUT2D eigenvalue weighted by atomic mass is 9.85. The molecule has 1 aromatic carbocycles. The van der Waals surface area contributed by atoms with Crippen molar-refractivity contribution in [3.63, 3.8) is 0 Å². The van der Waals surface area contributed by atoms with Gasteiger partial charge in [-0.15, -0.1) is 0 Å². The van der Waals surface area contributed by atoms with Crippen LogP contribution in [0.4, 0.5) is 10.5 Å². The zero-order valence-electron chi connectivity index (χ0n) is 14.7. The second-order valence-corrected chi connectivity index (χ2v) is 7.61. The molecule has 0 aliphatic heterocycles. The van der Waals surface area contributed by atoms with Crippen LogP contribution in [0.2, 0.25) is 0 Å². The molecule has 0 unspecified atom stereocenters. The van der Waals surface area contributed by atoms with E-state index in [1.165, 1.54) is 4.90 Å². The Labute approximate surface area is 163 Å². The number of rotatable bonds is 4. The average Bonchev–Trinajstić information content (AvgIpc) is 2.99. The molecule has 0 spiro atoms. The van der Waals surface area contributed by atoms with E-state index in [4.69, 9.17) is 15.3 Å². The summed E-state index contributed by atoms with van der Waals surface area (Å²) < 4.78 is 6.27. The minimum Gasteiger partial charge on any atom is -0.465 e. The van der Waals surface area contributed by atoms with Crippen LogP contribution >= 0.6 is 15.9 Å². The lowest BCUT2D eigenvalue weighted by Crippen LogP contribution is -2.40. The summed E-state index contributed by atoms with van der Waals surface area (Å²) >= 11 is 3.36. The van der Waals surface area contributed by atoms with E-state index in [2.05, 4.69) is 21.2 Å². The maximum Gasteiger partial charge on any atom is 0.407 e. The summed E-state index contributed by atoms with van der Waals surface area (Å²) in [4.78, 5) is 36.8. The molecule has 9 heteroatoms. The molecule has 2 aromatic rings. The van der Waals surface area contributed by atoms with Crippen LogP contribution in [0.3, 0.4) is 0 Å². The van der Waals surface area contributed by atoms with Crippen molar-refractivity contribution in [1.82, 2.24) is 4.90 Å².